The Morgan fingerprint density at radius 1 is 1.20 bits per heavy atom. The second-order valence-electron chi connectivity index (χ2n) is 7.12. The quantitative estimate of drug-likeness (QED) is 0.429. The summed E-state index contributed by atoms with van der Waals surface area (Å²) in [7, 11) is 3.81. The first kappa shape index (κ1) is 19.0. The summed E-state index contributed by atoms with van der Waals surface area (Å²) in [6.45, 7) is 8.86. The molecule has 0 saturated carbocycles. The Morgan fingerprint density at radius 3 is 2.56 bits per heavy atom. The first-order valence-electron chi connectivity index (χ1n) is 8.65. The molecule has 25 heavy (non-hydrogen) atoms. The zero-order valence-corrected chi connectivity index (χ0v) is 15.9. The van der Waals surface area contributed by atoms with Gasteiger partial charge < -0.3 is 20.5 Å². The number of benzene rings is 1. The fraction of sp³-hybridized carbons (Fsp3) is 0.474. The van der Waals surface area contributed by atoms with Gasteiger partial charge in [0.25, 0.3) is 0 Å². The van der Waals surface area contributed by atoms with Gasteiger partial charge in [0, 0.05) is 32.7 Å². The van der Waals surface area contributed by atoms with Crippen LogP contribution in [0.1, 0.15) is 26.6 Å². The Labute approximate surface area is 150 Å². The highest BCUT2D eigenvalue weighted by Crippen LogP contribution is 2.16. The molecule has 0 aliphatic rings. The molecular formula is C19H30N6. The highest BCUT2D eigenvalue weighted by Gasteiger charge is 2.11. The first-order chi connectivity index (χ1) is 11.9. The summed E-state index contributed by atoms with van der Waals surface area (Å²) >= 11 is 0. The predicted octanol–water partition coefficient (Wildman–Crippen LogP) is 2.47. The number of nitrogens with one attached hydrogen (secondary N) is 3. The summed E-state index contributed by atoms with van der Waals surface area (Å²) in [6.07, 6.45) is 1.88. The van der Waals surface area contributed by atoms with Gasteiger partial charge in [0.15, 0.2) is 5.96 Å². The maximum absolute atomic E-state index is 4.49. The topological polar surface area (TPSA) is 68.3 Å². The summed E-state index contributed by atoms with van der Waals surface area (Å²) in [5.74, 6) is 1.77. The molecule has 0 aliphatic heterocycles. The van der Waals surface area contributed by atoms with Crippen LogP contribution in [0.15, 0.2) is 41.5 Å². The van der Waals surface area contributed by atoms with Gasteiger partial charge in [0.2, 0.25) is 0 Å². The lowest BCUT2D eigenvalue weighted by Crippen LogP contribution is -2.44. The Bertz CT molecular complexity index is 669. The van der Waals surface area contributed by atoms with E-state index in [2.05, 4.69) is 63.4 Å². The summed E-state index contributed by atoms with van der Waals surface area (Å²) < 4.78 is 0. The molecule has 0 spiro atoms. The molecule has 1 aromatic carbocycles. The largest absolute Gasteiger partial charge is 0.355 e. The molecule has 1 aromatic heterocycles. The van der Waals surface area contributed by atoms with Crippen LogP contribution in [0.25, 0.3) is 11.3 Å². The number of H-pyrrole nitrogens is 1. The molecule has 6 heteroatoms. The number of nitrogens with zero attached hydrogens (tertiary/aromatic N) is 3. The van der Waals surface area contributed by atoms with Crippen molar-refractivity contribution in [2.45, 2.75) is 32.9 Å². The van der Waals surface area contributed by atoms with Gasteiger partial charge in [-0.25, -0.2) is 4.98 Å². The van der Waals surface area contributed by atoms with Gasteiger partial charge in [0.05, 0.1) is 18.4 Å². The van der Waals surface area contributed by atoms with E-state index in [-0.39, 0.29) is 5.54 Å². The van der Waals surface area contributed by atoms with Crippen LogP contribution in [0.3, 0.4) is 0 Å². The predicted molar refractivity (Wildman–Crippen MR) is 105 cm³/mol. The number of aliphatic imine (C=N–C) groups is 1. The van der Waals surface area contributed by atoms with Crippen molar-refractivity contribution in [3.63, 3.8) is 0 Å². The van der Waals surface area contributed by atoms with Crippen LogP contribution in [0, 0.1) is 0 Å². The normalized spacial score (nSPS) is 12.3. The van der Waals surface area contributed by atoms with Gasteiger partial charge in [-0.3, -0.25) is 4.99 Å². The lowest BCUT2D eigenvalue weighted by Gasteiger charge is -2.23. The third-order valence-corrected chi connectivity index (χ3v) is 3.74. The van der Waals surface area contributed by atoms with E-state index in [9.17, 15) is 0 Å². The number of imidazole rings is 1. The van der Waals surface area contributed by atoms with E-state index >= 15 is 0 Å². The minimum atomic E-state index is 0.124. The van der Waals surface area contributed by atoms with Gasteiger partial charge >= 0.3 is 0 Å². The molecule has 2 rings (SSSR count). The SMILES string of the molecule is CN=C(NCCNC(C)(C)C)N(C)Cc1ncc(-c2ccccc2)[nH]1. The van der Waals surface area contributed by atoms with Crippen LogP contribution in [0.2, 0.25) is 0 Å². The molecular weight excluding hydrogens is 312 g/mol. The van der Waals surface area contributed by atoms with Crippen LogP contribution >= 0.6 is 0 Å². The molecule has 0 fully saturated rings. The molecule has 136 valence electrons. The molecule has 0 bridgehead atoms. The lowest BCUT2D eigenvalue weighted by molar-refractivity contribution is 0.420. The molecule has 0 unspecified atom stereocenters. The number of guanidine groups is 1. The molecule has 0 atom stereocenters. The number of aromatic amines is 1. The fourth-order valence-electron chi connectivity index (χ4n) is 2.50. The van der Waals surface area contributed by atoms with E-state index < -0.39 is 0 Å². The van der Waals surface area contributed by atoms with Crippen molar-refractivity contribution in [1.29, 1.82) is 0 Å². The second kappa shape index (κ2) is 8.67. The van der Waals surface area contributed by atoms with E-state index in [1.165, 1.54) is 0 Å². The number of rotatable bonds is 6. The molecule has 3 N–H and O–H groups in total. The monoisotopic (exact) mass is 342 g/mol. The minimum Gasteiger partial charge on any atom is -0.355 e. The Kier molecular flexibility index (Phi) is 6.58. The Morgan fingerprint density at radius 2 is 1.92 bits per heavy atom. The highest BCUT2D eigenvalue weighted by molar-refractivity contribution is 5.79. The minimum absolute atomic E-state index is 0.124. The average molecular weight is 342 g/mol. The zero-order valence-electron chi connectivity index (χ0n) is 15.9. The Balaban J connectivity index is 1.87. The van der Waals surface area contributed by atoms with Gasteiger partial charge in [-0.2, -0.15) is 0 Å². The second-order valence-corrected chi connectivity index (χ2v) is 7.12. The summed E-state index contributed by atoms with van der Waals surface area (Å²) in [6, 6.07) is 10.2. The van der Waals surface area contributed by atoms with Crippen molar-refractivity contribution >= 4 is 5.96 Å². The smallest absolute Gasteiger partial charge is 0.193 e. The lowest BCUT2D eigenvalue weighted by atomic mass is 10.1. The third kappa shape index (κ3) is 6.23. The maximum atomic E-state index is 4.49. The number of hydrogen-bond donors (Lipinski definition) is 3. The van der Waals surface area contributed by atoms with Crippen LogP contribution < -0.4 is 10.6 Å². The van der Waals surface area contributed by atoms with Crippen molar-refractivity contribution in [3.8, 4) is 11.3 Å². The van der Waals surface area contributed by atoms with Crippen LogP contribution in [-0.4, -0.2) is 53.6 Å². The van der Waals surface area contributed by atoms with Crippen molar-refractivity contribution in [2.75, 3.05) is 27.2 Å². The van der Waals surface area contributed by atoms with Crippen molar-refractivity contribution in [3.05, 3.63) is 42.4 Å². The van der Waals surface area contributed by atoms with E-state index in [0.717, 1.165) is 36.1 Å². The van der Waals surface area contributed by atoms with Crippen molar-refractivity contribution in [2.24, 2.45) is 4.99 Å². The molecule has 0 saturated heterocycles. The van der Waals surface area contributed by atoms with E-state index in [1.807, 2.05) is 31.4 Å². The average Bonchev–Trinajstić information content (AvgIpc) is 3.03. The number of hydrogen-bond acceptors (Lipinski definition) is 3. The number of aromatic nitrogens is 2. The molecule has 6 nitrogen and oxygen atoms in total. The zero-order chi connectivity index (χ0) is 18.3. The van der Waals surface area contributed by atoms with Gasteiger partial charge in [0.1, 0.15) is 5.82 Å². The van der Waals surface area contributed by atoms with Crippen LogP contribution in [0.5, 0.6) is 0 Å². The van der Waals surface area contributed by atoms with E-state index in [1.54, 1.807) is 7.05 Å². The fourth-order valence-corrected chi connectivity index (χ4v) is 2.50. The third-order valence-electron chi connectivity index (χ3n) is 3.74. The molecule has 2 aromatic rings. The van der Waals surface area contributed by atoms with Crippen LogP contribution in [-0.2, 0) is 6.54 Å². The molecule has 0 radical (unpaired) electrons. The summed E-state index contributed by atoms with van der Waals surface area (Å²) in [5, 5.41) is 6.83. The standard InChI is InChI=1S/C19H30N6/c1-19(2,3)23-12-11-21-18(20-4)25(5)14-17-22-13-16(24-17)15-9-7-6-8-10-15/h6-10,13,23H,11-12,14H2,1-5H3,(H,20,21)(H,22,24). The summed E-state index contributed by atoms with van der Waals surface area (Å²) in [4.78, 5) is 14.3. The highest BCUT2D eigenvalue weighted by atomic mass is 15.3. The maximum Gasteiger partial charge on any atom is 0.193 e. The van der Waals surface area contributed by atoms with E-state index in [4.69, 9.17) is 0 Å². The van der Waals surface area contributed by atoms with Gasteiger partial charge in [-0.1, -0.05) is 30.3 Å². The molecule has 1 heterocycles. The Hall–Kier alpha value is -2.34. The van der Waals surface area contributed by atoms with Crippen molar-refractivity contribution < 1.29 is 0 Å². The first-order valence-corrected chi connectivity index (χ1v) is 8.65. The van der Waals surface area contributed by atoms with Crippen LogP contribution in [0.4, 0.5) is 0 Å². The summed E-state index contributed by atoms with van der Waals surface area (Å²) in [5.41, 5.74) is 2.29. The van der Waals surface area contributed by atoms with E-state index in [0.29, 0.717) is 6.54 Å². The van der Waals surface area contributed by atoms with Gasteiger partial charge in [-0.05, 0) is 26.3 Å². The molecule has 0 aliphatic carbocycles. The van der Waals surface area contributed by atoms with Gasteiger partial charge in [-0.15, -0.1) is 0 Å². The molecule has 0 amide bonds. The van der Waals surface area contributed by atoms with Crippen molar-refractivity contribution in [1.82, 2.24) is 25.5 Å².